The monoisotopic (exact) mass is 279 g/mol. The molecule has 1 aromatic carbocycles. The van der Waals surface area contributed by atoms with E-state index in [9.17, 15) is 15.4 Å². The van der Waals surface area contributed by atoms with Gasteiger partial charge >= 0.3 is 0 Å². The summed E-state index contributed by atoms with van der Waals surface area (Å²) in [5.74, 6) is 0. The molecule has 2 aromatic heterocycles. The number of rotatable bonds is 3. The van der Waals surface area contributed by atoms with Crippen LogP contribution in [0.2, 0.25) is 0 Å². The summed E-state index contributed by atoms with van der Waals surface area (Å²) in [4.78, 5) is 10.4. The molecule has 7 nitrogen and oxygen atoms in total. The van der Waals surface area contributed by atoms with Gasteiger partial charge in [-0.05, 0) is 12.1 Å². The van der Waals surface area contributed by atoms with E-state index in [1.807, 2.05) is 36.4 Å². The number of para-hydroxylation sites is 1. The van der Waals surface area contributed by atoms with E-state index in [0.29, 0.717) is 16.8 Å². The number of nitriles is 1. The quantitative estimate of drug-likeness (QED) is 0.587. The SMILES string of the molecule is N#Cc1cnn2cc([N+](=O)[O-])cc2c1Nc1ccccc1. The Labute approximate surface area is 119 Å². The summed E-state index contributed by atoms with van der Waals surface area (Å²) in [7, 11) is 0. The Morgan fingerprint density at radius 2 is 2.10 bits per heavy atom. The largest absolute Gasteiger partial charge is 0.353 e. The second-order valence-electron chi connectivity index (χ2n) is 4.32. The van der Waals surface area contributed by atoms with Gasteiger partial charge in [0.1, 0.15) is 12.3 Å². The van der Waals surface area contributed by atoms with Gasteiger partial charge in [-0.25, -0.2) is 4.52 Å². The van der Waals surface area contributed by atoms with Gasteiger partial charge in [0.05, 0.1) is 27.9 Å². The Bertz CT molecular complexity index is 864. The third-order valence-corrected chi connectivity index (χ3v) is 3.00. The molecular weight excluding hydrogens is 270 g/mol. The molecule has 102 valence electrons. The summed E-state index contributed by atoms with van der Waals surface area (Å²) in [5, 5.41) is 27.2. The molecule has 0 unspecified atom stereocenters. The molecule has 1 N–H and O–H groups in total. The van der Waals surface area contributed by atoms with Crippen molar-refractivity contribution in [3.05, 3.63) is 64.5 Å². The maximum atomic E-state index is 10.9. The second kappa shape index (κ2) is 4.94. The van der Waals surface area contributed by atoms with Crippen LogP contribution in [-0.2, 0) is 0 Å². The molecule has 3 aromatic rings. The van der Waals surface area contributed by atoms with Crippen LogP contribution in [0.4, 0.5) is 17.1 Å². The lowest BCUT2D eigenvalue weighted by Gasteiger charge is -2.09. The third kappa shape index (κ3) is 2.26. The highest BCUT2D eigenvalue weighted by atomic mass is 16.6. The Kier molecular flexibility index (Phi) is 2.97. The number of fused-ring (bicyclic) bond motifs is 1. The Hall–Kier alpha value is -3.40. The number of anilines is 2. The molecule has 7 heteroatoms. The lowest BCUT2D eigenvalue weighted by Crippen LogP contribution is -1.99. The Balaban J connectivity index is 2.18. The van der Waals surface area contributed by atoms with Crippen molar-refractivity contribution >= 4 is 22.6 Å². The van der Waals surface area contributed by atoms with Gasteiger partial charge in [-0.1, -0.05) is 18.2 Å². The highest BCUT2D eigenvalue weighted by Crippen LogP contribution is 2.28. The predicted molar refractivity (Wildman–Crippen MR) is 76.3 cm³/mol. The molecule has 0 amide bonds. The van der Waals surface area contributed by atoms with Crippen LogP contribution in [0.5, 0.6) is 0 Å². The molecule has 0 spiro atoms. The van der Waals surface area contributed by atoms with E-state index < -0.39 is 4.92 Å². The number of nitrogens with one attached hydrogen (secondary N) is 1. The van der Waals surface area contributed by atoms with Crippen LogP contribution in [0, 0.1) is 21.4 Å². The normalized spacial score (nSPS) is 10.2. The Morgan fingerprint density at radius 3 is 2.76 bits per heavy atom. The maximum absolute atomic E-state index is 10.9. The van der Waals surface area contributed by atoms with E-state index in [1.54, 1.807) is 0 Å². The highest BCUT2D eigenvalue weighted by Gasteiger charge is 2.16. The van der Waals surface area contributed by atoms with E-state index in [0.717, 1.165) is 5.69 Å². The summed E-state index contributed by atoms with van der Waals surface area (Å²) in [6, 6.07) is 12.7. The zero-order chi connectivity index (χ0) is 14.8. The minimum absolute atomic E-state index is 0.0753. The van der Waals surface area contributed by atoms with E-state index in [-0.39, 0.29) is 5.69 Å². The van der Waals surface area contributed by atoms with Gasteiger partial charge in [-0.3, -0.25) is 10.1 Å². The maximum Gasteiger partial charge on any atom is 0.289 e. The van der Waals surface area contributed by atoms with Crippen molar-refractivity contribution in [2.75, 3.05) is 5.32 Å². The van der Waals surface area contributed by atoms with Crippen LogP contribution in [0.3, 0.4) is 0 Å². The van der Waals surface area contributed by atoms with Crippen molar-refractivity contribution in [1.29, 1.82) is 5.26 Å². The lowest BCUT2D eigenvalue weighted by molar-refractivity contribution is -0.384. The summed E-state index contributed by atoms with van der Waals surface area (Å²) >= 11 is 0. The first kappa shape index (κ1) is 12.6. The Morgan fingerprint density at radius 1 is 1.33 bits per heavy atom. The first-order chi connectivity index (χ1) is 10.2. The fraction of sp³-hybridized carbons (Fsp3) is 0. The van der Waals surface area contributed by atoms with Gasteiger partial charge in [0.25, 0.3) is 5.69 Å². The van der Waals surface area contributed by atoms with Gasteiger partial charge in [-0.2, -0.15) is 10.4 Å². The van der Waals surface area contributed by atoms with Crippen LogP contribution < -0.4 is 5.32 Å². The molecule has 0 aliphatic carbocycles. The number of aromatic nitrogens is 2. The number of benzene rings is 1. The molecule has 0 fully saturated rings. The number of nitrogens with zero attached hydrogens (tertiary/aromatic N) is 4. The molecule has 0 atom stereocenters. The van der Waals surface area contributed by atoms with Gasteiger partial charge in [0.15, 0.2) is 0 Å². The van der Waals surface area contributed by atoms with Crippen LogP contribution in [0.15, 0.2) is 48.8 Å². The van der Waals surface area contributed by atoms with Crippen molar-refractivity contribution in [2.45, 2.75) is 0 Å². The van der Waals surface area contributed by atoms with E-state index >= 15 is 0 Å². The van der Waals surface area contributed by atoms with Gasteiger partial charge in [0.2, 0.25) is 0 Å². The molecular formula is C14H9N5O2. The lowest BCUT2D eigenvalue weighted by atomic mass is 10.2. The molecule has 0 bridgehead atoms. The molecule has 0 aliphatic heterocycles. The van der Waals surface area contributed by atoms with E-state index in [4.69, 9.17) is 0 Å². The average molecular weight is 279 g/mol. The zero-order valence-corrected chi connectivity index (χ0v) is 10.7. The first-order valence-electron chi connectivity index (χ1n) is 6.07. The predicted octanol–water partition coefficient (Wildman–Crippen LogP) is 2.86. The van der Waals surface area contributed by atoms with Crippen LogP contribution in [0.25, 0.3) is 5.52 Å². The summed E-state index contributed by atoms with van der Waals surface area (Å²) in [6.45, 7) is 0. The van der Waals surface area contributed by atoms with Crippen molar-refractivity contribution in [3.63, 3.8) is 0 Å². The molecule has 0 radical (unpaired) electrons. The van der Waals surface area contributed by atoms with Crippen LogP contribution in [-0.4, -0.2) is 14.5 Å². The van der Waals surface area contributed by atoms with E-state index in [1.165, 1.54) is 23.0 Å². The minimum Gasteiger partial charge on any atom is -0.353 e. The number of hydrogen-bond donors (Lipinski definition) is 1. The highest BCUT2D eigenvalue weighted by molar-refractivity contribution is 5.83. The van der Waals surface area contributed by atoms with Crippen LogP contribution in [0.1, 0.15) is 5.56 Å². The van der Waals surface area contributed by atoms with Crippen LogP contribution >= 0.6 is 0 Å². The van der Waals surface area contributed by atoms with Gasteiger partial charge < -0.3 is 5.32 Å². The van der Waals surface area contributed by atoms with Gasteiger partial charge in [-0.15, -0.1) is 0 Å². The first-order valence-corrected chi connectivity index (χ1v) is 6.07. The molecule has 3 rings (SSSR count). The van der Waals surface area contributed by atoms with E-state index in [2.05, 4.69) is 10.4 Å². The smallest absolute Gasteiger partial charge is 0.289 e. The summed E-state index contributed by atoms with van der Waals surface area (Å²) < 4.78 is 1.38. The second-order valence-corrected chi connectivity index (χ2v) is 4.32. The standard InChI is InChI=1S/C14H9N5O2/c15-7-10-8-16-18-9-12(19(20)21)6-13(18)14(10)17-11-4-2-1-3-5-11/h1-6,8-9,17H. The molecule has 21 heavy (non-hydrogen) atoms. The van der Waals surface area contributed by atoms with Crippen molar-refractivity contribution in [3.8, 4) is 6.07 Å². The van der Waals surface area contributed by atoms with Crippen molar-refractivity contribution < 1.29 is 4.92 Å². The molecule has 0 saturated carbocycles. The fourth-order valence-electron chi connectivity index (χ4n) is 2.02. The number of nitro groups is 1. The minimum atomic E-state index is -0.493. The number of hydrogen-bond acceptors (Lipinski definition) is 5. The fourth-order valence-corrected chi connectivity index (χ4v) is 2.02. The summed E-state index contributed by atoms with van der Waals surface area (Å²) in [6.07, 6.45) is 2.69. The topological polar surface area (TPSA) is 96.3 Å². The molecule has 2 heterocycles. The molecule has 0 aliphatic rings. The average Bonchev–Trinajstić information content (AvgIpc) is 2.93. The van der Waals surface area contributed by atoms with Gasteiger partial charge in [0, 0.05) is 11.8 Å². The molecule has 0 saturated heterocycles. The third-order valence-electron chi connectivity index (χ3n) is 3.00. The van der Waals surface area contributed by atoms with Crippen molar-refractivity contribution in [2.24, 2.45) is 0 Å². The van der Waals surface area contributed by atoms with Crippen molar-refractivity contribution in [1.82, 2.24) is 9.61 Å². The summed E-state index contributed by atoms with van der Waals surface area (Å²) in [5.41, 5.74) is 2.00. The zero-order valence-electron chi connectivity index (χ0n) is 10.7.